The molecule has 1 unspecified atom stereocenters. The molecule has 0 N–H and O–H groups in total. The van der Waals surface area contributed by atoms with Crippen LogP contribution in [0, 0.1) is 5.41 Å². The van der Waals surface area contributed by atoms with E-state index in [2.05, 4.69) is 32.6 Å². The first-order chi connectivity index (χ1) is 8.21. The van der Waals surface area contributed by atoms with Gasteiger partial charge in [-0.05, 0) is 31.5 Å². The lowest BCUT2D eigenvalue weighted by Gasteiger charge is -2.34. The van der Waals surface area contributed by atoms with Crippen LogP contribution in [0.4, 0.5) is 0 Å². The summed E-state index contributed by atoms with van der Waals surface area (Å²) in [6.07, 6.45) is 0. The van der Waals surface area contributed by atoms with Crippen LogP contribution in [0.25, 0.3) is 0 Å². The predicted molar refractivity (Wildman–Crippen MR) is 77.3 cm³/mol. The summed E-state index contributed by atoms with van der Waals surface area (Å²) in [6, 6.07) is 7.45. The first-order valence-electron chi connectivity index (χ1n) is 6.21. The van der Waals surface area contributed by atoms with Gasteiger partial charge in [0.05, 0.1) is 6.54 Å². The van der Waals surface area contributed by atoms with Gasteiger partial charge in [-0.3, -0.25) is 9.69 Å². The minimum absolute atomic E-state index is 0.108. The molecule has 3 heteroatoms. The van der Waals surface area contributed by atoms with Crippen molar-refractivity contribution in [2.24, 2.45) is 5.41 Å². The Morgan fingerprint density at radius 1 is 1.39 bits per heavy atom. The SMILES string of the molecule is CC(N(C)CC(=O)c1cccc(Cl)c1)C(C)(C)C. The molecule has 0 heterocycles. The second-order valence-electron chi connectivity index (χ2n) is 5.89. The molecule has 100 valence electrons. The molecule has 1 aromatic carbocycles. The van der Waals surface area contributed by atoms with Crippen molar-refractivity contribution in [3.05, 3.63) is 34.9 Å². The molecule has 0 radical (unpaired) electrons. The predicted octanol–water partition coefficient (Wildman–Crippen LogP) is 3.89. The summed E-state index contributed by atoms with van der Waals surface area (Å²) >= 11 is 5.89. The lowest BCUT2D eigenvalue weighted by atomic mass is 9.87. The van der Waals surface area contributed by atoms with E-state index < -0.39 is 0 Å². The van der Waals surface area contributed by atoms with Crippen LogP contribution in [-0.2, 0) is 0 Å². The molecule has 0 aliphatic carbocycles. The van der Waals surface area contributed by atoms with E-state index in [1.165, 1.54) is 0 Å². The molecule has 0 amide bonds. The van der Waals surface area contributed by atoms with Gasteiger partial charge in [-0.1, -0.05) is 44.5 Å². The third kappa shape index (κ3) is 4.11. The third-order valence-electron chi connectivity index (χ3n) is 3.45. The van der Waals surface area contributed by atoms with Crippen LogP contribution in [0.15, 0.2) is 24.3 Å². The number of likely N-dealkylation sites (N-methyl/N-ethyl adjacent to an activating group) is 1. The summed E-state index contributed by atoms with van der Waals surface area (Å²) in [4.78, 5) is 14.2. The van der Waals surface area contributed by atoms with Crippen molar-refractivity contribution in [2.45, 2.75) is 33.7 Å². The Labute approximate surface area is 115 Å². The average Bonchev–Trinajstić information content (AvgIpc) is 2.26. The van der Waals surface area contributed by atoms with Crippen molar-refractivity contribution < 1.29 is 4.79 Å². The fourth-order valence-corrected chi connectivity index (χ4v) is 1.97. The van der Waals surface area contributed by atoms with Crippen molar-refractivity contribution in [3.8, 4) is 0 Å². The van der Waals surface area contributed by atoms with E-state index >= 15 is 0 Å². The fraction of sp³-hybridized carbons (Fsp3) is 0.533. The normalized spacial score (nSPS) is 13.7. The first kappa shape index (κ1) is 15.2. The van der Waals surface area contributed by atoms with Gasteiger partial charge in [0.15, 0.2) is 5.78 Å². The summed E-state index contributed by atoms with van der Waals surface area (Å²) in [7, 11) is 1.98. The van der Waals surface area contributed by atoms with Crippen molar-refractivity contribution in [3.63, 3.8) is 0 Å². The molecule has 0 spiro atoms. The lowest BCUT2D eigenvalue weighted by Crippen LogP contribution is -2.41. The molecule has 1 atom stereocenters. The van der Waals surface area contributed by atoms with Crippen LogP contribution in [0.1, 0.15) is 38.1 Å². The van der Waals surface area contributed by atoms with Crippen LogP contribution >= 0.6 is 11.6 Å². The van der Waals surface area contributed by atoms with Crippen molar-refractivity contribution in [1.82, 2.24) is 4.90 Å². The van der Waals surface area contributed by atoms with Crippen LogP contribution in [-0.4, -0.2) is 30.3 Å². The van der Waals surface area contributed by atoms with E-state index in [1.54, 1.807) is 12.1 Å². The number of carbonyl (C=O) groups excluding carboxylic acids is 1. The van der Waals surface area contributed by atoms with Gasteiger partial charge in [0.1, 0.15) is 0 Å². The van der Waals surface area contributed by atoms with Crippen molar-refractivity contribution >= 4 is 17.4 Å². The maximum absolute atomic E-state index is 12.1. The van der Waals surface area contributed by atoms with Gasteiger partial charge in [-0.2, -0.15) is 0 Å². The number of rotatable bonds is 4. The zero-order chi connectivity index (χ0) is 13.9. The topological polar surface area (TPSA) is 20.3 Å². The molecule has 0 aromatic heterocycles. The summed E-state index contributed by atoms with van der Waals surface area (Å²) < 4.78 is 0. The summed E-state index contributed by atoms with van der Waals surface area (Å²) in [5.74, 6) is 0.108. The zero-order valence-corrected chi connectivity index (χ0v) is 12.6. The highest BCUT2D eigenvalue weighted by atomic mass is 35.5. The quantitative estimate of drug-likeness (QED) is 0.772. The smallest absolute Gasteiger partial charge is 0.176 e. The molecule has 0 aliphatic heterocycles. The summed E-state index contributed by atoms with van der Waals surface area (Å²) in [5.41, 5.74) is 0.832. The standard InChI is InChI=1S/C15H22ClNO/c1-11(15(2,3)4)17(5)10-14(18)12-7-6-8-13(16)9-12/h6-9,11H,10H2,1-5H3. The molecule has 2 nitrogen and oxygen atoms in total. The van der Waals surface area contributed by atoms with E-state index in [1.807, 2.05) is 19.2 Å². The monoisotopic (exact) mass is 267 g/mol. The highest BCUT2D eigenvalue weighted by Gasteiger charge is 2.25. The average molecular weight is 268 g/mol. The van der Waals surface area contributed by atoms with Gasteiger partial charge >= 0.3 is 0 Å². The van der Waals surface area contributed by atoms with Gasteiger partial charge in [0, 0.05) is 16.6 Å². The molecule has 0 fully saturated rings. The van der Waals surface area contributed by atoms with Gasteiger partial charge < -0.3 is 0 Å². The molecule has 0 saturated heterocycles. The Balaban J connectivity index is 2.71. The van der Waals surface area contributed by atoms with Crippen LogP contribution in [0.3, 0.4) is 0 Å². The van der Waals surface area contributed by atoms with Crippen LogP contribution in [0.5, 0.6) is 0 Å². The number of nitrogens with zero attached hydrogens (tertiary/aromatic N) is 1. The van der Waals surface area contributed by atoms with Crippen molar-refractivity contribution in [2.75, 3.05) is 13.6 Å². The zero-order valence-electron chi connectivity index (χ0n) is 11.8. The number of benzene rings is 1. The Kier molecular flexibility index (Phi) is 4.94. The second-order valence-corrected chi connectivity index (χ2v) is 6.33. The number of Topliss-reactive ketones (excluding diaryl/α,β-unsaturated/α-hetero) is 1. The summed E-state index contributed by atoms with van der Waals surface area (Å²) in [5, 5.41) is 0.604. The lowest BCUT2D eigenvalue weighted by molar-refractivity contribution is 0.0853. The molecule has 0 bridgehead atoms. The van der Waals surface area contributed by atoms with E-state index in [-0.39, 0.29) is 11.2 Å². The van der Waals surface area contributed by atoms with E-state index in [9.17, 15) is 4.79 Å². The number of halogens is 1. The second kappa shape index (κ2) is 5.85. The maximum atomic E-state index is 12.1. The number of hydrogen-bond acceptors (Lipinski definition) is 2. The van der Waals surface area contributed by atoms with Gasteiger partial charge in [0.25, 0.3) is 0 Å². The van der Waals surface area contributed by atoms with E-state index in [0.717, 1.165) is 0 Å². The largest absolute Gasteiger partial charge is 0.296 e. The Hall–Kier alpha value is -0.860. The van der Waals surface area contributed by atoms with Crippen molar-refractivity contribution in [1.29, 1.82) is 0 Å². The van der Waals surface area contributed by atoms with Crippen LogP contribution in [0.2, 0.25) is 5.02 Å². The molecule has 1 aromatic rings. The molecule has 1 rings (SSSR count). The fourth-order valence-electron chi connectivity index (χ4n) is 1.78. The summed E-state index contributed by atoms with van der Waals surface area (Å²) in [6.45, 7) is 9.10. The minimum atomic E-state index is 0.108. The number of hydrogen-bond donors (Lipinski definition) is 0. The first-order valence-corrected chi connectivity index (χ1v) is 6.58. The Bertz CT molecular complexity index is 423. The van der Waals surface area contributed by atoms with E-state index in [4.69, 9.17) is 11.6 Å². The highest BCUT2D eigenvalue weighted by molar-refractivity contribution is 6.31. The molecular formula is C15H22ClNO. The Morgan fingerprint density at radius 2 is 2.00 bits per heavy atom. The van der Waals surface area contributed by atoms with Crippen LogP contribution < -0.4 is 0 Å². The molecule has 0 saturated carbocycles. The molecule has 0 aliphatic rings. The molecular weight excluding hydrogens is 246 g/mol. The number of carbonyl (C=O) groups is 1. The number of ketones is 1. The van der Waals surface area contributed by atoms with Gasteiger partial charge in [-0.25, -0.2) is 0 Å². The van der Waals surface area contributed by atoms with E-state index in [0.29, 0.717) is 23.2 Å². The highest BCUT2D eigenvalue weighted by Crippen LogP contribution is 2.23. The molecule has 18 heavy (non-hydrogen) atoms. The minimum Gasteiger partial charge on any atom is -0.296 e. The van der Waals surface area contributed by atoms with Gasteiger partial charge in [-0.15, -0.1) is 0 Å². The maximum Gasteiger partial charge on any atom is 0.176 e. The third-order valence-corrected chi connectivity index (χ3v) is 3.69. The van der Waals surface area contributed by atoms with Gasteiger partial charge in [0.2, 0.25) is 0 Å². The Morgan fingerprint density at radius 3 is 2.50 bits per heavy atom.